The second-order valence-electron chi connectivity index (χ2n) is 6.97. The van der Waals surface area contributed by atoms with E-state index in [0.29, 0.717) is 6.42 Å². The van der Waals surface area contributed by atoms with Crippen molar-refractivity contribution in [2.75, 3.05) is 18.0 Å². The molecule has 2 aromatic heterocycles. The Bertz CT molecular complexity index is 965. The van der Waals surface area contributed by atoms with Crippen LogP contribution < -0.4 is 15.8 Å². The van der Waals surface area contributed by atoms with Gasteiger partial charge in [0.25, 0.3) is 5.56 Å². The summed E-state index contributed by atoms with van der Waals surface area (Å²) in [7, 11) is 0. The summed E-state index contributed by atoms with van der Waals surface area (Å²) in [5.41, 5.74) is 2.09. The van der Waals surface area contributed by atoms with E-state index >= 15 is 0 Å². The second-order valence-corrected chi connectivity index (χ2v) is 6.97. The Morgan fingerprint density at radius 1 is 1.19 bits per heavy atom. The highest BCUT2D eigenvalue weighted by atomic mass is 16.1. The summed E-state index contributed by atoms with van der Waals surface area (Å²) < 4.78 is 0. The van der Waals surface area contributed by atoms with Crippen molar-refractivity contribution >= 4 is 22.6 Å². The van der Waals surface area contributed by atoms with Gasteiger partial charge in [-0.1, -0.05) is 18.2 Å². The van der Waals surface area contributed by atoms with Crippen LogP contribution in [0.25, 0.3) is 10.9 Å². The molecule has 1 amide bonds. The van der Waals surface area contributed by atoms with Gasteiger partial charge in [-0.05, 0) is 37.0 Å². The number of benzene rings is 1. The Morgan fingerprint density at radius 2 is 2.00 bits per heavy atom. The van der Waals surface area contributed by atoms with E-state index in [9.17, 15) is 9.59 Å². The van der Waals surface area contributed by atoms with Crippen molar-refractivity contribution in [1.29, 1.82) is 0 Å². The largest absolute Gasteiger partial charge is 0.361 e. The number of hydrogen-bond donors (Lipinski definition) is 3. The summed E-state index contributed by atoms with van der Waals surface area (Å²) in [5.74, 6) is 0.875. The highest BCUT2D eigenvalue weighted by Crippen LogP contribution is 2.19. The number of aryl methyl sites for hydroxylation is 1. The summed E-state index contributed by atoms with van der Waals surface area (Å²) in [6.45, 7) is 1.62. The molecule has 1 aliphatic heterocycles. The maximum absolute atomic E-state index is 12.3. The van der Waals surface area contributed by atoms with Crippen LogP contribution in [-0.2, 0) is 11.2 Å². The Balaban J connectivity index is 1.26. The second kappa shape index (κ2) is 7.65. The average molecular weight is 365 g/mol. The molecule has 3 aromatic rings. The number of carbonyl (C=O) groups is 1. The van der Waals surface area contributed by atoms with Gasteiger partial charge >= 0.3 is 0 Å². The lowest BCUT2D eigenvalue weighted by molar-refractivity contribution is -0.121. The maximum Gasteiger partial charge on any atom is 0.264 e. The van der Waals surface area contributed by atoms with Crippen molar-refractivity contribution in [3.8, 4) is 0 Å². The number of anilines is 1. The van der Waals surface area contributed by atoms with E-state index in [4.69, 9.17) is 0 Å². The molecule has 7 heteroatoms. The zero-order chi connectivity index (χ0) is 18.6. The van der Waals surface area contributed by atoms with Gasteiger partial charge in [0.15, 0.2) is 0 Å². The van der Waals surface area contributed by atoms with Crippen LogP contribution in [0.2, 0.25) is 0 Å². The summed E-state index contributed by atoms with van der Waals surface area (Å²) in [5, 5.41) is 10.9. The third-order valence-electron chi connectivity index (χ3n) is 5.14. The lowest BCUT2D eigenvalue weighted by atomic mass is 10.0. The molecule has 7 nitrogen and oxygen atoms in total. The highest BCUT2D eigenvalue weighted by molar-refractivity contribution is 5.84. The number of aromatic amines is 2. The number of carbonyl (C=O) groups excluding carboxylic acids is 1. The predicted octanol–water partition coefficient (Wildman–Crippen LogP) is 1.97. The summed E-state index contributed by atoms with van der Waals surface area (Å²) in [4.78, 5) is 28.8. The van der Waals surface area contributed by atoms with Crippen molar-refractivity contribution in [2.45, 2.75) is 31.7 Å². The molecule has 0 spiro atoms. The van der Waals surface area contributed by atoms with Crippen molar-refractivity contribution in [1.82, 2.24) is 20.5 Å². The third kappa shape index (κ3) is 4.02. The molecule has 0 atom stereocenters. The molecule has 140 valence electrons. The predicted molar refractivity (Wildman–Crippen MR) is 105 cm³/mol. The normalized spacial score (nSPS) is 15.2. The monoisotopic (exact) mass is 365 g/mol. The van der Waals surface area contributed by atoms with E-state index in [1.807, 2.05) is 24.4 Å². The van der Waals surface area contributed by atoms with Gasteiger partial charge in [0.1, 0.15) is 5.82 Å². The lowest BCUT2D eigenvalue weighted by Crippen LogP contribution is -2.45. The maximum atomic E-state index is 12.3. The van der Waals surface area contributed by atoms with E-state index in [0.717, 1.165) is 43.7 Å². The Kier molecular flexibility index (Phi) is 4.91. The molecule has 0 unspecified atom stereocenters. The summed E-state index contributed by atoms with van der Waals surface area (Å²) in [6.07, 6.45) is 4.96. The van der Waals surface area contributed by atoms with Gasteiger partial charge in [-0.2, -0.15) is 5.10 Å². The number of piperidine rings is 1. The fourth-order valence-electron chi connectivity index (χ4n) is 3.65. The highest BCUT2D eigenvalue weighted by Gasteiger charge is 2.21. The third-order valence-corrected chi connectivity index (χ3v) is 5.14. The number of aromatic nitrogens is 3. The zero-order valence-electron chi connectivity index (χ0n) is 15.1. The number of H-pyrrole nitrogens is 2. The quantitative estimate of drug-likeness (QED) is 0.644. The van der Waals surface area contributed by atoms with Gasteiger partial charge < -0.3 is 15.2 Å². The number of hydrogen-bond acceptors (Lipinski definition) is 4. The van der Waals surface area contributed by atoms with Crippen LogP contribution >= 0.6 is 0 Å². The average Bonchev–Trinajstić information content (AvgIpc) is 3.11. The minimum absolute atomic E-state index is 0.0981. The molecule has 27 heavy (non-hydrogen) atoms. The standard InChI is InChI=1S/C20H23N5O2/c26-19(7-5-14-13-21-17-4-2-1-3-16(14)17)22-15-9-11-25(12-10-15)18-6-8-20(27)24-23-18/h1-4,6,8,13,15,21H,5,7,9-12H2,(H,22,26)(H,24,27). The van der Waals surface area contributed by atoms with Crippen LogP contribution in [0.5, 0.6) is 0 Å². The molecule has 3 N–H and O–H groups in total. The fourth-order valence-corrected chi connectivity index (χ4v) is 3.65. The van der Waals surface area contributed by atoms with Crippen molar-refractivity contribution < 1.29 is 4.79 Å². The molecular formula is C20H23N5O2. The first-order valence-electron chi connectivity index (χ1n) is 9.34. The van der Waals surface area contributed by atoms with Crippen LogP contribution in [0.15, 0.2) is 47.4 Å². The molecule has 1 fully saturated rings. The van der Waals surface area contributed by atoms with Crippen molar-refractivity contribution in [3.05, 3.63) is 58.5 Å². The van der Waals surface area contributed by atoms with Gasteiger partial charge in [-0.3, -0.25) is 9.59 Å². The zero-order valence-corrected chi connectivity index (χ0v) is 15.1. The van der Waals surface area contributed by atoms with Crippen LogP contribution in [0.3, 0.4) is 0 Å². The van der Waals surface area contributed by atoms with E-state index in [-0.39, 0.29) is 17.5 Å². The van der Waals surface area contributed by atoms with E-state index < -0.39 is 0 Å². The molecule has 0 aliphatic carbocycles. The molecule has 1 aromatic carbocycles. The summed E-state index contributed by atoms with van der Waals surface area (Å²) >= 11 is 0. The SMILES string of the molecule is O=C(CCc1c[nH]c2ccccc12)NC1CCN(c2ccc(=O)[nH]n2)CC1. The van der Waals surface area contributed by atoms with Gasteiger partial charge in [-0.25, -0.2) is 5.10 Å². The molecule has 0 radical (unpaired) electrons. The Morgan fingerprint density at radius 3 is 2.78 bits per heavy atom. The lowest BCUT2D eigenvalue weighted by Gasteiger charge is -2.32. The molecule has 1 aliphatic rings. The van der Waals surface area contributed by atoms with Crippen LogP contribution in [0.1, 0.15) is 24.8 Å². The van der Waals surface area contributed by atoms with Gasteiger partial charge in [0.05, 0.1) is 0 Å². The van der Waals surface area contributed by atoms with E-state index in [2.05, 4.69) is 31.5 Å². The number of fused-ring (bicyclic) bond motifs is 1. The van der Waals surface area contributed by atoms with E-state index in [1.54, 1.807) is 6.07 Å². The summed E-state index contributed by atoms with van der Waals surface area (Å²) in [6, 6.07) is 11.6. The first-order chi connectivity index (χ1) is 13.2. The number of para-hydroxylation sites is 1. The number of nitrogens with one attached hydrogen (secondary N) is 3. The Labute approximate surface area is 156 Å². The fraction of sp³-hybridized carbons (Fsp3) is 0.350. The molecule has 0 bridgehead atoms. The molecule has 3 heterocycles. The number of rotatable bonds is 5. The smallest absolute Gasteiger partial charge is 0.264 e. The number of nitrogens with zero attached hydrogens (tertiary/aromatic N) is 2. The molecular weight excluding hydrogens is 342 g/mol. The Hall–Kier alpha value is -3.09. The number of amides is 1. The first kappa shape index (κ1) is 17.3. The van der Waals surface area contributed by atoms with Crippen LogP contribution in [0, 0.1) is 0 Å². The van der Waals surface area contributed by atoms with Crippen LogP contribution in [0.4, 0.5) is 5.82 Å². The molecule has 0 saturated carbocycles. The van der Waals surface area contributed by atoms with Gasteiger partial charge in [-0.15, -0.1) is 0 Å². The van der Waals surface area contributed by atoms with Gasteiger partial charge in [0, 0.05) is 48.7 Å². The van der Waals surface area contributed by atoms with Crippen molar-refractivity contribution in [2.24, 2.45) is 0 Å². The topological polar surface area (TPSA) is 93.9 Å². The van der Waals surface area contributed by atoms with Crippen LogP contribution in [-0.4, -0.2) is 40.2 Å². The minimum Gasteiger partial charge on any atom is -0.361 e. The van der Waals surface area contributed by atoms with Crippen molar-refractivity contribution in [3.63, 3.8) is 0 Å². The molecule has 4 rings (SSSR count). The molecule has 1 saturated heterocycles. The minimum atomic E-state index is -0.198. The van der Waals surface area contributed by atoms with E-state index in [1.165, 1.54) is 17.0 Å². The van der Waals surface area contributed by atoms with Gasteiger partial charge in [0.2, 0.25) is 5.91 Å². The first-order valence-corrected chi connectivity index (χ1v) is 9.34.